The molecule has 2 heterocycles. The Balaban J connectivity index is 1.62. The highest BCUT2D eigenvalue weighted by Gasteiger charge is 2.44. The van der Waals surface area contributed by atoms with Crippen LogP contribution in [0.3, 0.4) is 0 Å². The van der Waals surface area contributed by atoms with Gasteiger partial charge in [-0.2, -0.15) is 0 Å². The van der Waals surface area contributed by atoms with E-state index in [1.807, 2.05) is 11.0 Å². The van der Waals surface area contributed by atoms with Crippen LogP contribution in [0.4, 0.5) is 5.69 Å². The molecule has 0 aromatic heterocycles. The molecule has 1 amide bonds. The van der Waals surface area contributed by atoms with Crippen molar-refractivity contribution in [1.29, 1.82) is 0 Å². The van der Waals surface area contributed by atoms with E-state index in [2.05, 4.69) is 36.2 Å². The molecule has 3 rings (SSSR count). The molecular weight excluding hydrogens is 264 g/mol. The third-order valence-corrected chi connectivity index (χ3v) is 5.02. The maximum Gasteiger partial charge on any atom is 0.219 e. The van der Waals surface area contributed by atoms with Gasteiger partial charge in [-0.25, -0.2) is 0 Å². The Morgan fingerprint density at radius 3 is 2.57 bits per heavy atom. The van der Waals surface area contributed by atoms with Gasteiger partial charge in [0.05, 0.1) is 18.2 Å². The van der Waals surface area contributed by atoms with E-state index in [4.69, 9.17) is 4.74 Å². The zero-order chi connectivity index (χ0) is 14.9. The highest BCUT2D eigenvalue weighted by atomic mass is 16.5. The van der Waals surface area contributed by atoms with Crippen molar-refractivity contribution in [2.75, 3.05) is 31.6 Å². The van der Waals surface area contributed by atoms with Gasteiger partial charge in [-0.3, -0.25) is 4.79 Å². The highest BCUT2D eigenvalue weighted by molar-refractivity contribution is 5.73. The number of likely N-dealkylation sites (tertiary alicyclic amines) is 1. The Hall–Kier alpha value is -1.55. The van der Waals surface area contributed by atoms with E-state index in [1.165, 1.54) is 5.69 Å². The number of piperidine rings is 1. The summed E-state index contributed by atoms with van der Waals surface area (Å²) in [5, 5.41) is 0. The molecular formula is C17H24N2O2. The third-order valence-electron chi connectivity index (χ3n) is 5.02. The summed E-state index contributed by atoms with van der Waals surface area (Å²) in [6, 6.07) is 10.9. The van der Waals surface area contributed by atoms with Crippen molar-refractivity contribution in [2.24, 2.45) is 0 Å². The number of para-hydroxylation sites is 1. The molecule has 0 aliphatic carbocycles. The van der Waals surface area contributed by atoms with Crippen LogP contribution < -0.4 is 4.90 Å². The molecule has 0 saturated carbocycles. The van der Waals surface area contributed by atoms with Crippen LogP contribution in [0.15, 0.2) is 30.3 Å². The molecule has 0 N–H and O–H groups in total. The van der Waals surface area contributed by atoms with Gasteiger partial charge in [0.1, 0.15) is 0 Å². The molecule has 0 unspecified atom stereocenters. The largest absolute Gasteiger partial charge is 0.373 e. The number of likely N-dealkylation sites (N-methyl/N-ethyl adjacent to an activating group) is 1. The van der Waals surface area contributed by atoms with Crippen LogP contribution >= 0.6 is 0 Å². The number of hydrogen-bond donors (Lipinski definition) is 0. The number of amides is 1. The first-order valence-corrected chi connectivity index (χ1v) is 7.77. The minimum absolute atomic E-state index is 0.0142. The van der Waals surface area contributed by atoms with Crippen molar-refractivity contribution in [3.8, 4) is 0 Å². The predicted molar refractivity (Wildman–Crippen MR) is 83.4 cm³/mol. The number of hydrogen-bond acceptors (Lipinski definition) is 3. The molecule has 114 valence electrons. The summed E-state index contributed by atoms with van der Waals surface area (Å²) in [5.74, 6) is 0.181. The zero-order valence-electron chi connectivity index (χ0n) is 12.9. The van der Waals surface area contributed by atoms with Gasteiger partial charge in [-0.1, -0.05) is 18.2 Å². The molecule has 0 bridgehead atoms. The molecule has 1 atom stereocenters. The van der Waals surface area contributed by atoms with Crippen molar-refractivity contribution in [1.82, 2.24) is 4.90 Å². The standard InChI is InChI=1S/C17H24N2O2/c1-14(20)19-10-8-17(9-11-19)12-16(13-21-17)18(2)15-6-4-3-5-7-15/h3-7,16H,8-13H2,1-2H3/t16-/m1/s1. The molecule has 2 aliphatic heterocycles. The Morgan fingerprint density at radius 2 is 1.95 bits per heavy atom. The van der Waals surface area contributed by atoms with Gasteiger partial charge in [-0.05, 0) is 31.4 Å². The maximum absolute atomic E-state index is 11.4. The zero-order valence-corrected chi connectivity index (χ0v) is 12.9. The summed E-state index contributed by atoms with van der Waals surface area (Å²) in [5.41, 5.74) is 1.23. The van der Waals surface area contributed by atoms with E-state index >= 15 is 0 Å². The number of carbonyl (C=O) groups excluding carboxylic acids is 1. The van der Waals surface area contributed by atoms with Gasteiger partial charge in [0, 0.05) is 32.7 Å². The van der Waals surface area contributed by atoms with E-state index in [1.54, 1.807) is 6.92 Å². The fraction of sp³-hybridized carbons (Fsp3) is 0.588. The fourth-order valence-electron chi connectivity index (χ4n) is 3.52. The first-order valence-electron chi connectivity index (χ1n) is 7.77. The first kappa shape index (κ1) is 14.4. The Bertz CT molecular complexity index is 495. The van der Waals surface area contributed by atoms with Crippen molar-refractivity contribution < 1.29 is 9.53 Å². The number of rotatable bonds is 2. The predicted octanol–water partition coefficient (Wildman–Crippen LogP) is 2.29. The highest BCUT2D eigenvalue weighted by Crippen LogP contribution is 2.38. The van der Waals surface area contributed by atoms with E-state index in [0.717, 1.165) is 39.0 Å². The van der Waals surface area contributed by atoms with Crippen molar-refractivity contribution >= 4 is 11.6 Å². The molecule has 1 aromatic rings. The Kier molecular flexibility index (Phi) is 3.89. The summed E-state index contributed by atoms with van der Waals surface area (Å²) in [7, 11) is 2.15. The van der Waals surface area contributed by atoms with Gasteiger partial charge < -0.3 is 14.5 Å². The molecule has 21 heavy (non-hydrogen) atoms. The van der Waals surface area contributed by atoms with Crippen LogP contribution in [0.25, 0.3) is 0 Å². The number of carbonyl (C=O) groups is 1. The van der Waals surface area contributed by atoms with Gasteiger partial charge in [0.15, 0.2) is 0 Å². The Morgan fingerprint density at radius 1 is 1.29 bits per heavy atom. The molecule has 4 nitrogen and oxygen atoms in total. The SMILES string of the molecule is CC(=O)N1CCC2(CC1)C[C@@H](N(C)c1ccccc1)CO2. The quantitative estimate of drug-likeness (QED) is 0.837. The lowest BCUT2D eigenvalue weighted by atomic mass is 9.87. The second-order valence-electron chi connectivity index (χ2n) is 6.30. The van der Waals surface area contributed by atoms with E-state index in [9.17, 15) is 4.79 Å². The number of ether oxygens (including phenoxy) is 1. The maximum atomic E-state index is 11.4. The fourth-order valence-corrected chi connectivity index (χ4v) is 3.52. The average Bonchev–Trinajstić information content (AvgIpc) is 2.92. The normalized spacial score (nSPS) is 24.3. The second-order valence-corrected chi connectivity index (χ2v) is 6.30. The number of nitrogens with zero attached hydrogens (tertiary/aromatic N) is 2. The van der Waals surface area contributed by atoms with Gasteiger partial charge >= 0.3 is 0 Å². The third kappa shape index (κ3) is 2.91. The molecule has 1 aromatic carbocycles. The molecule has 1 spiro atoms. The van der Waals surface area contributed by atoms with Crippen molar-refractivity contribution in [3.05, 3.63) is 30.3 Å². The lowest BCUT2D eigenvalue weighted by Gasteiger charge is -2.38. The van der Waals surface area contributed by atoms with Crippen LogP contribution in [-0.2, 0) is 9.53 Å². The molecule has 2 fully saturated rings. The smallest absolute Gasteiger partial charge is 0.219 e. The lowest BCUT2D eigenvalue weighted by molar-refractivity contribution is -0.133. The van der Waals surface area contributed by atoms with E-state index < -0.39 is 0 Å². The molecule has 2 aliphatic rings. The molecule has 4 heteroatoms. The number of benzene rings is 1. The van der Waals surface area contributed by atoms with Gasteiger partial charge in [-0.15, -0.1) is 0 Å². The van der Waals surface area contributed by atoms with Crippen LogP contribution in [-0.4, -0.2) is 49.2 Å². The van der Waals surface area contributed by atoms with Gasteiger partial charge in [0.25, 0.3) is 0 Å². The monoisotopic (exact) mass is 288 g/mol. The number of anilines is 1. The van der Waals surface area contributed by atoms with Crippen LogP contribution in [0.5, 0.6) is 0 Å². The summed E-state index contributed by atoms with van der Waals surface area (Å²) in [6.07, 6.45) is 2.99. The van der Waals surface area contributed by atoms with Crippen molar-refractivity contribution in [3.63, 3.8) is 0 Å². The topological polar surface area (TPSA) is 32.8 Å². The summed E-state index contributed by atoms with van der Waals surface area (Å²) in [6.45, 7) is 4.10. The Labute approximate surface area is 126 Å². The summed E-state index contributed by atoms with van der Waals surface area (Å²) in [4.78, 5) is 15.7. The second kappa shape index (κ2) is 5.68. The van der Waals surface area contributed by atoms with Crippen LogP contribution in [0, 0.1) is 0 Å². The first-order chi connectivity index (χ1) is 10.1. The van der Waals surface area contributed by atoms with E-state index in [-0.39, 0.29) is 11.5 Å². The summed E-state index contributed by atoms with van der Waals surface area (Å²) >= 11 is 0. The minimum Gasteiger partial charge on any atom is -0.373 e. The lowest BCUT2D eigenvalue weighted by Crippen LogP contribution is -2.46. The minimum atomic E-state index is -0.0142. The van der Waals surface area contributed by atoms with Crippen molar-refractivity contribution in [2.45, 2.75) is 37.8 Å². The van der Waals surface area contributed by atoms with E-state index in [0.29, 0.717) is 6.04 Å². The summed E-state index contributed by atoms with van der Waals surface area (Å²) < 4.78 is 6.19. The van der Waals surface area contributed by atoms with Crippen LogP contribution in [0.1, 0.15) is 26.2 Å². The molecule has 2 saturated heterocycles. The molecule has 0 radical (unpaired) electrons. The average molecular weight is 288 g/mol. The van der Waals surface area contributed by atoms with Crippen LogP contribution in [0.2, 0.25) is 0 Å². The van der Waals surface area contributed by atoms with Gasteiger partial charge in [0.2, 0.25) is 5.91 Å².